The Labute approximate surface area is 159 Å². The largest absolute Gasteiger partial charge is 0.457 e. The van der Waals surface area contributed by atoms with E-state index in [4.69, 9.17) is 28.5 Å². The molecule has 1 aromatic carbocycles. The van der Waals surface area contributed by atoms with Crippen LogP contribution in [0.5, 0.6) is 6.01 Å². The van der Waals surface area contributed by atoms with Gasteiger partial charge in [-0.05, 0) is 30.4 Å². The molecule has 0 saturated carbocycles. The lowest BCUT2D eigenvalue weighted by atomic mass is 10.3. The van der Waals surface area contributed by atoms with Gasteiger partial charge in [0.2, 0.25) is 0 Å². The maximum atomic E-state index is 14.0. The predicted molar refractivity (Wildman–Crippen MR) is 103 cm³/mol. The van der Waals surface area contributed by atoms with Gasteiger partial charge in [-0.15, -0.1) is 0 Å². The molecule has 27 heavy (non-hydrogen) atoms. The van der Waals surface area contributed by atoms with Crippen LogP contribution in [-0.2, 0) is 0 Å². The first kappa shape index (κ1) is 20.1. The van der Waals surface area contributed by atoms with Gasteiger partial charge in [0, 0.05) is 19.0 Å². The van der Waals surface area contributed by atoms with Crippen molar-refractivity contribution in [1.29, 1.82) is 0 Å². The minimum atomic E-state index is -0.798. The summed E-state index contributed by atoms with van der Waals surface area (Å²) in [5, 5.41) is 3.17. The highest BCUT2D eigenvalue weighted by atomic mass is 32.1. The molecule has 1 aromatic heterocycles. The number of benzene rings is 1. The second-order valence-corrected chi connectivity index (χ2v) is 5.42. The number of para-hydroxylation sites is 1. The average molecular weight is 393 g/mol. The van der Waals surface area contributed by atoms with E-state index in [0.717, 1.165) is 11.2 Å². The van der Waals surface area contributed by atoms with Crippen molar-refractivity contribution in [2.45, 2.75) is 0 Å². The first-order chi connectivity index (χ1) is 12.9. The summed E-state index contributed by atoms with van der Waals surface area (Å²) in [5.74, 6) is 4.11. The number of nitrogens with two attached hydrogens (primary N) is 2. The Hall–Kier alpha value is -3.18. The molecule has 0 spiro atoms. The van der Waals surface area contributed by atoms with Crippen molar-refractivity contribution in [3.8, 4) is 6.01 Å². The lowest BCUT2D eigenvalue weighted by Crippen LogP contribution is -2.41. The van der Waals surface area contributed by atoms with Gasteiger partial charge in [0.05, 0.1) is 11.9 Å². The van der Waals surface area contributed by atoms with E-state index in [1.807, 2.05) is 0 Å². The van der Waals surface area contributed by atoms with Crippen molar-refractivity contribution in [2.24, 2.45) is 16.6 Å². The fourth-order valence-electron chi connectivity index (χ4n) is 1.79. The van der Waals surface area contributed by atoms with Crippen LogP contribution < -0.4 is 26.6 Å². The summed E-state index contributed by atoms with van der Waals surface area (Å²) >= 11 is 5.07. The number of rotatable bonds is 6. The summed E-state index contributed by atoms with van der Waals surface area (Å²) in [6.07, 6.45) is 3.93. The van der Waals surface area contributed by atoms with Crippen LogP contribution in [0.25, 0.3) is 0 Å². The van der Waals surface area contributed by atoms with Crippen LogP contribution in [0.1, 0.15) is 0 Å². The molecule has 142 valence electrons. The van der Waals surface area contributed by atoms with Crippen LogP contribution in [-0.4, -0.2) is 34.9 Å². The molecular weight excluding hydrogens is 376 g/mol. The van der Waals surface area contributed by atoms with Crippen LogP contribution >= 0.6 is 12.2 Å². The van der Waals surface area contributed by atoms with Crippen molar-refractivity contribution in [1.82, 2.24) is 9.97 Å². The molecule has 2 aromatic rings. The molecule has 0 bridgehead atoms. The third kappa shape index (κ3) is 5.66. The highest BCUT2D eigenvalue weighted by molar-refractivity contribution is 7.80. The summed E-state index contributed by atoms with van der Waals surface area (Å²) < 4.78 is 33.0. The van der Waals surface area contributed by atoms with Crippen LogP contribution in [0.4, 0.5) is 20.3 Å². The number of hydrogen-bond acceptors (Lipinski definition) is 7. The van der Waals surface area contributed by atoms with Crippen molar-refractivity contribution < 1.29 is 13.5 Å². The minimum absolute atomic E-state index is 0.0106. The van der Waals surface area contributed by atoms with Gasteiger partial charge in [0.1, 0.15) is 12.4 Å². The van der Waals surface area contributed by atoms with Crippen molar-refractivity contribution in [2.75, 3.05) is 24.0 Å². The summed E-state index contributed by atoms with van der Waals surface area (Å²) in [4.78, 5) is 11.3. The van der Waals surface area contributed by atoms with Crippen molar-refractivity contribution >= 4 is 35.1 Å². The molecule has 0 amide bonds. The maximum absolute atomic E-state index is 14.0. The number of thiocarbonyl (C=S) groups is 1. The van der Waals surface area contributed by atoms with Crippen molar-refractivity contribution in [3.05, 3.63) is 53.9 Å². The Morgan fingerprint density at radius 1 is 1.37 bits per heavy atom. The Morgan fingerprint density at radius 3 is 2.81 bits per heavy atom. The van der Waals surface area contributed by atoms with Gasteiger partial charge < -0.3 is 15.8 Å². The second-order valence-electron chi connectivity index (χ2n) is 5.04. The normalized spacial score (nSPS) is 11.5. The number of allylic oxidation sites excluding steroid dienone is 1. The molecule has 8 nitrogen and oxygen atoms in total. The van der Waals surface area contributed by atoms with Gasteiger partial charge >= 0.3 is 6.01 Å². The first-order valence-electron chi connectivity index (χ1n) is 7.54. The first-order valence-corrected chi connectivity index (χ1v) is 7.95. The Morgan fingerprint density at radius 2 is 2.11 bits per heavy atom. The smallest absolute Gasteiger partial charge is 0.318 e. The Bertz CT molecular complexity index is 876. The molecule has 0 fully saturated rings. The second kappa shape index (κ2) is 9.50. The van der Waals surface area contributed by atoms with Gasteiger partial charge in [-0.3, -0.25) is 10.0 Å². The van der Waals surface area contributed by atoms with E-state index in [-0.39, 0.29) is 29.2 Å². The third-order valence-corrected chi connectivity index (χ3v) is 3.38. The van der Waals surface area contributed by atoms with E-state index >= 15 is 0 Å². The number of anilines is 2. The van der Waals surface area contributed by atoms with Crippen LogP contribution in [0.15, 0.2) is 47.2 Å². The summed E-state index contributed by atoms with van der Waals surface area (Å²) in [7, 11) is 1.59. The average Bonchev–Trinajstić information content (AvgIpc) is 2.66. The Kier molecular flexibility index (Phi) is 7.08. The highest BCUT2D eigenvalue weighted by Gasteiger charge is 2.15. The minimum Gasteiger partial charge on any atom is -0.457 e. The quantitative estimate of drug-likeness (QED) is 0.294. The van der Waals surface area contributed by atoms with E-state index in [2.05, 4.69) is 20.3 Å². The molecular formula is C16H17F2N7OS. The number of hydrazine groups is 1. The number of hydrogen-bond donors (Lipinski definition) is 3. The predicted octanol–water partition coefficient (Wildman–Crippen LogP) is 1.75. The molecule has 0 radical (unpaired) electrons. The SMILES string of the molecule is CN=CC=C(N)COc1ncc(F)c(NC(=S)N(N)c2ccccc2F)n1. The molecule has 5 N–H and O–H groups in total. The van der Waals surface area contributed by atoms with Gasteiger partial charge in [-0.2, -0.15) is 4.98 Å². The number of aromatic nitrogens is 2. The Balaban J connectivity index is 2.09. The third-order valence-electron chi connectivity index (χ3n) is 3.08. The molecule has 0 aliphatic rings. The molecule has 0 aliphatic carbocycles. The molecule has 0 unspecified atom stereocenters. The fourth-order valence-corrected chi connectivity index (χ4v) is 1.99. The van der Waals surface area contributed by atoms with Gasteiger partial charge in [-0.25, -0.2) is 19.6 Å². The zero-order chi connectivity index (χ0) is 19.8. The fraction of sp³-hybridized carbons (Fsp3) is 0.125. The van der Waals surface area contributed by atoms with Gasteiger partial charge in [-0.1, -0.05) is 12.1 Å². The van der Waals surface area contributed by atoms with Crippen LogP contribution in [0, 0.1) is 11.6 Å². The number of nitrogens with zero attached hydrogens (tertiary/aromatic N) is 4. The molecule has 2 rings (SSSR count). The van der Waals surface area contributed by atoms with E-state index in [1.165, 1.54) is 24.4 Å². The molecule has 0 atom stereocenters. The topological polar surface area (TPSA) is 115 Å². The molecule has 0 aliphatic heterocycles. The number of halogens is 2. The number of ether oxygens (including phenoxy) is 1. The van der Waals surface area contributed by atoms with Gasteiger partial charge in [0.25, 0.3) is 0 Å². The molecule has 11 heteroatoms. The lowest BCUT2D eigenvalue weighted by molar-refractivity contribution is 0.321. The molecule has 0 saturated heterocycles. The lowest BCUT2D eigenvalue weighted by Gasteiger charge is -2.20. The van der Waals surface area contributed by atoms with Gasteiger partial charge in [0.15, 0.2) is 16.7 Å². The number of aliphatic imine (C=N–C) groups is 1. The number of nitrogens with one attached hydrogen (secondary N) is 1. The molecule has 1 heterocycles. The summed E-state index contributed by atoms with van der Waals surface area (Å²) in [5.41, 5.74) is 6.07. The van der Waals surface area contributed by atoms with E-state index in [9.17, 15) is 8.78 Å². The van der Waals surface area contributed by atoms with Crippen LogP contribution in [0.3, 0.4) is 0 Å². The van der Waals surface area contributed by atoms with E-state index in [0.29, 0.717) is 5.70 Å². The maximum Gasteiger partial charge on any atom is 0.318 e. The zero-order valence-corrected chi connectivity index (χ0v) is 15.1. The monoisotopic (exact) mass is 393 g/mol. The van der Waals surface area contributed by atoms with E-state index in [1.54, 1.807) is 19.2 Å². The van der Waals surface area contributed by atoms with Crippen molar-refractivity contribution in [3.63, 3.8) is 0 Å². The summed E-state index contributed by atoms with van der Waals surface area (Å²) in [6, 6.07) is 5.59. The van der Waals surface area contributed by atoms with E-state index < -0.39 is 11.6 Å². The summed E-state index contributed by atoms with van der Waals surface area (Å²) in [6.45, 7) is -0.0280. The zero-order valence-electron chi connectivity index (χ0n) is 14.3. The van der Waals surface area contributed by atoms with Crippen LogP contribution in [0.2, 0.25) is 0 Å². The standard InChI is InChI=1S/C16H17F2N7OS/c1-21-7-6-10(19)9-26-15-22-8-12(18)14(23-15)24-16(27)25(20)13-5-3-2-4-11(13)17/h2-8H,9,19-20H2,1H3,(H,22,23,24,27). The highest BCUT2D eigenvalue weighted by Crippen LogP contribution is 2.18.